The second-order valence-electron chi connectivity index (χ2n) is 6.69. The standard InChI is InChI=1S/C19H22N6O2/c1-2-14-5-7-15(8-6-14)20-17(26)13-25-19(27)24-12-9-16(21-18(24)22-25)23-10-3-4-11-23/h5-9,12H,2-4,10-11,13H2,1H3,(H,20,26). The highest BCUT2D eigenvalue weighted by molar-refractivity contribution is 5.90. The lowest BCUT2D eigenvalue weighted by molar-refractivity contribution is -0.117. The van der Waals surface area contributed by atoms with Crippen LogP contribution in [0.15, 0.2) is 41.3 Å². The predicted molar refractivity (Wildman–Crippen MR) is 103 cm³/mol. The summed E-state index contributed by atoms with van der Waals surface area (Å²) in [7, 11) is 0. The molecule has 0 aliphatic carbocycles. The van der Waals surface area contributed by atoms with Gasteiger partial charge < -0.3 is 10.2 Å². The van der Waals surface area contributed by atoms with Crippen LogP contribution in [0.1, 0.15) is 25.3 Å². The maximum atomic E-state index is 12.5. The maximum Gasteiger partial charge on any atom is 0.352 e. The van der Waals surface area contributed by atoms with E-state index in [0.717, 1.165) is 42.9 Å². The largest absolute Gasteiger partial charge is 0.356 e. The molecule has 1 N–H and O–H groups in total. The van der Waals surface area contributed by atoms with Crippen molar-refractivity contribution >= 4 is 23.2 Å². The molecule has 8 heteroatoms. The van der Waals surface area contributed by atoms with Gasteiger partial charge in [0, 0.05) is 25.0 Å². The molecule has 8 nitrogen and oxygen atoms in total. The number of fused-ring (bicyclic) bond motifs is 1. The van der Waals surface area contributed by atoms with Crippen LogP contribution in [-0.4, -0.2) is 38.2 Å². The van der Waals surface area contributed by atoms with Gasteiger partial charge in [-0.15, -0.1) is 5.10 Å². The second-order valence-corrected chi connectivity index (χ2v) is 6.69. The van der Waals surface area contributed by atoms with Gasteiger partial charge in [-0.05, 0) is 43.0 Å². The van der Waals surface area contributed by atoms with Gasteiger partial charge in [0.25, 0.3) is 5.78 Å². The zero-order chi connectivity index (χ0) is 18.8. The quantitative estimate of drug-likeness (QED) is 0.743. The minimum absolute atomic E-state index is 0.156. The van der Waals surface area contributed by atoms with E-state index in [4.69, 9.17) is 0 Å². The van der Waals surface area contributed by atoms with Gasteiger partial charge in [0.1, 0.15) is 12.4 Å². The van der Waals surface area contributed by atoms with E-state index in [1.807, 2.05) is 30.3 Å². The fourth-order valence-electron chi connectivity index (χ4n) is 3.28. The SMILES string of the molecule is CCc1ccc(NC(=O)Cn2nc3nc(N4CCCC4)ccn3c2=O)cc1. The summed E-state index contributed by atoms with van der Waals surface area (Å²) in [5, 5.41) is 7.01. The number of carbonyl (C=O) groups excluding carboxylic acids is 1. The van der Waals surface area contributed by atoms with Crippen LogP contribution in [0.5, 0.6) is 0 Å². The van der Waals surface area contributed by atoms with E-state index in [-0.39, 0.29) is 18.1 Å². The number of nitrogens with one attached hydrogen (secondary N) is 1. The molecule has 1 aliphatic heterocycles. The van der Waals surface area contributed by atoms with Crippen molar-refractivity contribution in [2.75, 3.05) is 23.3 Å². The zero-order valence-electron chi connectivity index (χ0n) is 15.3. The Kier molecular flexibility index (Phi) is 4.62. The lowest BCUT2D eigenvalue weighted by Crippen LogP contribution is -2.28. The van der Waals surface area contributed by atoms with Crippen LogP contribution >= 0.6 is 0 Å². The average molecular weight is 366 g/mol. The highest BCUT2D eigenvalue weighted by atomic mass is 16.2. The molecular weight excluding hydrogens is 344 g/mol. The molecule has 3 aromatic rings. The van der Waals surface area contributed by atoms with Gasteiger partial charge in [-0.25, -0.2) is 13.9 Å². The number of amides is 1. The van der Waals surface area contributed by atoms with Crippen LogP contribution in [0.4, 0.5) is 11.5 Å². The Balaban J connectivity index is 1.51. The van der Waals surface area contributed by atoms with Crippen LogP contribution in [-0.2, 0) is 17.8 Å². The number of aromatic nitrogens is 4. The van der Waals surface area contributed by atoms with Crippen molar-refractivity contribution in [2.45, 2.75) is 32.7 Å². The number of anilines is 2. The van der Waals surface area contributed by atoms with Gasteiger partial charge in [-0.1, -0.05) is 19.1 Å². The normalized spacial score (nSPS) is 14.0. The lowest BCUT2D eigenvalue weighted by atomic mass is 10.1. The van der Waals surface area contributed by atoms with E-state index in [2.05, 4.69) is 27.2 Å². The second kappa shape index (κ2) is 7.22. The summed E-state index contributed by atoms with van der Waals surface area (Å²) in [6.07, 6.45) is 4.90. The highest BCUT2D eigenvalue weighted by Gasteiger charge is 2.16. The van der Waals surface area contributed by atoms with Crippen LogP contribution in [0.3, 0.4) is 0 Å². The minimum atomic E-state index is -0.373. The van der Waals surface area contributed by atoms with Crippen molar-refractivity contribution in [3.8, 4) is 0 Å². The smallest absolute Gasteiger partial charge is 0.352 e. The summed E-state index contributed by atoms with van der Waals surface area (Å²) in [5.74, 6) is 0.826. The molecule has 0 spiro atoms. The van der Waals surface area contributed by atoms with Gasteiger partial charge in [-0.3, -0.25) is 4.79 Å². The molecule has 0 saturated carbocycles. The molecule has 1 fully saturated rings. The zero-order valence-corrected chi connectivity index (χ0v) is 15.3. The molecule has 0 unspecified atom stereocenters. The molecule has 27 heavy (non-hydrogen) atoms. The molecule has 0 atom stereocenters. The molecule has 4 rings (SSSR count). The molecule has 1 aliphatic rings. The maximum absolute atomic E-state index is 12.5. The lowest BCUT2D eigenvalue weighted by Gasteiger charge is -2.15. The number of rotatable bonds is 5. The summed E-state index contributed by atoms with van der Waals surface area (Å²) in [5.41, 5.74) is 1.52. The minimum Gasteiger partial charge on any atom is -0.356 e. The fourth-order valence-corrected chi connectivity index (χ4v) is 3.28. The van der Waals surface area contributed by atoms with Crippen LogP contribution in [0, 0.1) is 0 Å². The van der Waals surface area contributed by atoms with Gasteiger partial charge in [-0.2, -0.15) is 4.98 Å². The van der Waals surface area contributed by atoms with Crippen molar-refractivity contribution in [1.82, 2.24) is 19.2 Å². The van der Waals surface area contributed by atoms with Gasteiger partial charge in [0.15, 0.2) is 0 Å². The topological polar surface area (TPSA) is 84.5 Å². The van der Waals surface area contributed by atoms with E-state index in [9.17, 15) is 9.59 Å². The Hall–Kier alpha value is -3.16. The van der Waals surface area contributed by atoms with E-state index >= 15 is 0 Å². The van der Waals surface area contributed by atoms with Crippen molar-refractivity contribution < 1.29 is 4.79 Å². The summed E-state index contributed by atoms with van der Waals surface area (Å²) < 4.78 is 2.51. The van der Waals surface area contributed by atoms with Gasteiger partial charge in [0.05, 0.1) is 0 Å². The van der Waals surface area contributed by atoms with Gasteiger partial charge in [0.2, 0.25) is 5.91 Å². The Morgan fingerprint density at radius 1 is 1.15 bits per heavy atom. The third-order valence-electron chi connectivity index (χ3n) is 4.81. The summed E-state index contributed by atoms with van der Waals surface area (Å²) in [6, 6.07) is 9.47. The number of aryl methyl sites for hydroxylation is 1. The van der Waals surface area contributed by atoms with E-state index in [1.54, 1.807) is 6.20 Å². The van der Waals surface area contributed by atoms with Crippen molar-refractivity contribution in [3.63, 3.8) is 0 Å². The summed E-state index contributed by atoms with van der Waals surface area (Å²) >= 11 is 0. The number of hydrogen-bond acceptors (Lipinski definition) is 5. The predicted octanol–water partition coefficient (Wildman–Crippen LogP) is 1.69. The molecule has 1 amide bonds. The summed E-state index contributed by atoms with van der Waals surface area (Å²) in [6.45, 7) is 3.85. The first-order chi connectivity index (χ1) is 13.1. The molecule has 0 bridgehead atoms. The number of nitrogens with zero attached hydrogens (tertiary/aromatic N) is 5. The van der Waals surface area contributed by atoms with Crippen molar-refractivity contribution in [3.05, 3.63) is 52.6 Å². The third kappa shape index (κ3) is 3.55. The van der Waals surface area contributed by atoms with Crippen LogP contribution in [0.2, 0.25) is 0 Å². The van der Waals surface area contributed by atoms with E-state index in [1.165, 1.54) is 9.96 Å². The Morgan fingerprint density at radius 3 is 2.59 bits per heavy atom. The monoisotopic (exact) mass is 366 g/mol. The number of carbonyl (C=O) groups is 1. The molecule has 1 saturated heterocycles. The number of benzene rings is 1. The first-order valence-electron chi connectivity index (χ1n) is 9.24. The first-order valence-corrected chi connectivity index (χ1v) is 9.24. The molecule has 0 radical (unpaired) electrons. The molecular formula is C19H22N6O2. The highest BCUT2D eigenvalue weighted by Crippen LogP contribution is 2.17. The van der Waals surface area contributed by atoms with Crippen molar-refractivity contribution in [2.24, 2.45) is 0 Å². The van der Waals surface area contributed by atoms with E-state index in [0.29, 0.717) is 11.5 Å². The molecule has 2 aromatic heterocycles. The fraction of sp³-hybridized carbons (Fsp3) is 0.368. The van der Waals surface area contributed by atoms with Gasteiger partial charge >= 0.3 is 5.69 Å². The van der Waals surface area contributed by atoms with E-state index < -0.39 is 0 Å². The Labute approximate surface area is 156 Å². The molecule has 140 valence electrons. The third-order valence-corrected chi connectivity index (χ3v) is 4.81. The Bertz CT molecular complexity index is 1010. The molecule has 1 aromatic carbocycles. The first kappa shape index (κ1) is 17.3. The number of hydrogen-bond donors (Lipinski definition) is 1. The van der Waals surface area contributed by atoms with Crippen LogP contribution < -0.4 is 15.9 Å². The van der Waals surface area contributed by atoms with Crippen LogP contribution in [0.25, 0.3) is 5.78 Å². The Morgan fingerprint density at radius 2 is 1.89 bits per heavy atom. The summed E-state index contributed by atoms with van der Waals surface area (Å²) in [4.78, 5) is 31.4. The average Bonchev–Trinajstić information content (AvgIpc) is 3.31. The van der Waals surface area contributed by atoms with Crippen molar-refractivity contribution in [1.29, 1.82) is 0 Å². The molecule has 3 heterocycles.